The summed E-state index contributed by atoms with van der Waals surface area (Å²) in [7, 11) is 4.66. The number of carbonyl (C=O) groups excluding carboxylic acids is 2. The number of hydrogen-bond donors (Lipinski definition) is 1. The lowest BCUT2D eigenvalue weighted by atomic mass is 9.87. The number of halogens is 1. The first-order valence-electron chi connectivity index (χ1n) is 11.6. The molecule has 1 saturated heterocycles. The Morgan fingerprint density at radius 1 is 0.944 bits per heavy atom. The third-order valence-corrected chi connectivity index (χ3v) is 6.47. The van der Waals surface area contributed by atoms with E-state index in [1.165, 1.54) is 12.1 Å². The van der Waals surface area contributed by atoms with Crippen molar-refractivity contribution >= 4 is 11.8 Å². The molecule has 7 nitrogen and oxygen atoms in total. The standard InChI is InChI=1S/C28H29FN2O5/c1-34-21-7-4-6-19(14-21)28(33)31-16-23(22-8-5-9-25(35-2)26(22)36-3)24(17-31)27(32)30-15-18-10-12-20(29)13-11-18/h4-14,23-24H,15-17H2,1-3H3,(H,30,32)/t23-,24+/m1/s1. The van der Waals surface area contributed by atoms with Crippen LogP contribution in [0.15, 0.2) is 66.7 Å². The van der Waals surface area contributed by atoms with E-state index in [0.717, 1.165) is 11.1 Å². The van der Waals surface area contributed by atoms with Crippen LogP contribution < -0.4 is 19.5 Å². The van der Waals surface area contributed by atoms with Gasteiger partial charge in [-0.2, -0.15) is 0 Å². The van der Waals surface area contributed by atoms with E-state index in [0.29, 0.717) is 29.4 Å². The number of nitrogens with one attached hydrogen (secondary N) is 1. The van der Waals surface area contributed by atoms with Gasteiger partial charge in [-0.25, -0.2) is 4.39 Å². The highest BCUT2D eigenvalue weighted by Gasteiger charge is 2.42. The molecule has 2 amide bonds. The highest BCUT2D eigenvalue weighted by Crippen LogP contribution is 2.42. The first-order valence-corrected chi connectivity index (χ1v) is 11.6. The maximum absolute atomic E-state index is 13.4. The molecule has 188 valence electrons. The van der Waals surface area contributed by atoms with Crippen molar-refractivity contribution in [1.82, 2.24) is 10.2 Å². The molecule has 36 heavy (non-hydrogen) atoms. The van der Waals surface area contributed by atoms with Crippen molar-refractivity contribution in [1.29, 1.82) is 0 Å². The molecule has 3 aromatic rings. The normalized spacial score (nSPS) is 16.9. The number of methoxy groups -OCH3 is 3. The molecule has 0 aliphatic carbocycles. The Kier molecular flexibility index (Phi) is 7.73. The number of rotatable bonds is 8. The fourth-order valence-corrected chi connectivity index (χ4v) is 4.62. The summed E-state index contributed by atoms with van der Waals surface area (Å²) in [6.45, 7) is 0.811. The minimum Gasteiger partial charge on any atom is -0.497 e. The Morgan fingerprint density at radius 3 is 2.39 bits per heavy atom. The molecule has 0 saturated carbocycles. The van der Waals surface area contributed by atoms with Gasteiger partial charge in [-0.15, -0.1) is 0 Å². The van der Waals surface area contributed by atoms with Crippen molar-refractivity contribution in [3.8, 4) is 17.2 Å². The van der Waals surface area contributed by atoms with Gasteiger partial charge in [-0.1, -0.05) is 30.3 Å². The van der Waals surface area contributed by atoms with Crippen molar-refractivity contribution in [3.05, 3.63) is 89.2 Å². The molecule has 1 heterocycles. The van der Waals surface area contributed by atoms with Gasteiger partial charge in [-0.3, -0.25) is 9.59 Å². The Bertz CT molecular complexity index is 1230. The summed E-state index contributed by atoms with van der Waals surface area (Å²) in [5, 5.41) is 2.95. The summed E-state index contributed by atoms with van der Waals surface area (Å²) in [6, 6.07) is 18.5. The van der Waals surface area contributed by atoms with Crippen molar-refractivity contribution in [2.45, 2.75) is 12.5 Å². The zero-order valence-corrected chi connectivity index (χ0v) is 20.5. The molecule has 8 heteroatoms. The first-order chi connectivity index (χ1) is 17.4. The molecule has 1 aliphatic rings. The number of nitrogens with zero attached hydrogens (tertiary/aromatic N) is 1. The van der Waals surface area contributed by atoms with Crippen LogP contribution in [0.3, 0.4) is 0 Å². The predicted octanol–water partition coefficient (Wildman–Crippen LogP) is 4.02. The summed E-state index contributed by atoms with van der Waals surface area (Å²) in [6.07, 6.45) is 0. The summed E-state index contributed by atoms with van der Waals surface area (Å²) in [5.74, 6) is 0.107. The Hall–Kier alpha value is -4.07. The quantitative estimate of drug-likeness (QED) is 0.514. The summed E-state index contributed by atoms with van der Waals surface area (Å²) >= 11 is 0. The summed E-state index contributed by atoms with van der Waals surface area (Å²) < 4.78 is 29.6. The third-order valence-electron chi connectivity index (χ3n) is 6.47. The van der Waals surface area contributed by atoms with E-state index >= 15 is 0 Å². The SMILES string of the molecule is COc1cccc(C(=O)N2C[C@H](C(=O)NCc3ccc(F)cc3)[C@@H](c3cccc(OC)c3OC)C2)c1. The average molecular weight is 493 g/mol. The van der Waals surface area contributed by atoms with Crippen molar-refractivity contribution in [3.63, 3.8) is 0 Å². The zero-order valence-electron chi connectivity index (χ0n) is 20.5. The lowest BCUT2D eigenvalue weighted by Crippen LogP contribution is -2.35. The second-order valence-corrected chi connectivity index (χ2v) is 8.58. The van der Waals surface area contributed by atoms with Crippen LogP contribution in [0, 0.1) is 11.7 Å². The van der Waals surface area contributed by atoms with Gasteiger partial charge in [0.1, 0.15) is 11.6 Å². The van der Waals surface area contributed by atoms with E-state index in [9.17, 15) is 14.0 Å². The smallest absolute Gasteiger partial charge is 0.254 e. The summed E-state index contributed by atoms with van der Waals surface area (Å²) in [5.41, 5.74) is 2.06. The Labute approximate surface area is 209 Å². The van der Waals surface area contributed by atoms with E-state index in [1.54, 1.807) is 68.7 Å². The van der Waals surface area contributed by atoms with Crippen LogP contribution in [0.1, 0.15) is 27.4 Å². The van der Waals surface area contributed by atoms with Gasteiger partial charge in [0, 0.05) is 36.7 Å². The van der Waals surface area contributed by atoms with E-state index < -0.39 is 5.92 Å². The Balaban J connectivity index is 1.62. The maximum atomic E-state index is 13.4. The molecule has 0 unspecified atom stereocenters. The maximum Gasteiger partial charge on any atom is 0.254 e. The van der Waals surface area contributed by atoms with Crippen LogP contribution in [0.25, 0.3) is 0 Å². The molecular weight excluding hydrogens is 463 g/mol. The van der Waals surface area contributed by atoms with Gasteiger partial charge in [0.15, 0.2) is 11.5 Å². The monoisotopic (exact) mass is 492 g/mol. The van der Waals surface area contributed by atoms with Gasteiger partial charge >= 0.3 is 0 Å². The molecule has 1 fully saturated rings. The van der Waals surface area contributed by atoms with Crippen LogP contribution >= 0.6 is 0 Å². The molecular formula is C28H29FN2O5. The number of hydrogen-bond acceptors (Lipinski definition) is 5. The van der Waals surface area contributed by atoms with Crippen LogP contribution in [0.2, 0.25) is 0 Å². The van der Waals surface area contributed by atoms with Crippen LogP contribution in [-0.2, 0) is 11.3 Å². The fraction of sp³-hybridized carbons (Fsp3) is 0.286. The third kappa shape index (κ3) is 5.27. The number of carbonyl (C=O) groups is 2. The number of amides is 2. The van der Waals surface area contributed by atoms with Gasteiger partial charge in [0.2, 0.25) is 5.91 Å². The van der Waals surface area contributed by atoms with Crippen molar-refractivity contribution in [2.24, 2.45) is 5.92 Å². The van der Waals surface area contributed by atoms with E-state index in [-0.39, 0.29) is 36.6 Å². The lowest BCUT2D eigenvalue weighted by Gasteiger charge is -2.21. The van der Waals surface area contributed by atoms with Gasteiger partial charge in [0.05, 0.1) is 27.2 Å². The van der Waals surface area contributed by atoms with Crippen LogP contribution in [0.4, 0.5) is 4.39 Å². The van der Waals surface area contributed by atoms with E-state index in [4.69, 9.17) is 14.2 Å². The summed E-state index contributed by atoms with van der Waals surface area (Å²) in [4.78, 5) is 28.5. The molecule has 0 bridgehead atoms. The zero-order chi connectivity index (χ0) is 25.7. The van der Waals surface area contributed by atoms with E-state index in [2.05, 4.69) is 5.32 Å². The second kappa shape index (κ2) is 11.1. The van der Waals surface area contributed by atoms with Crippen molar-refractivity contribution in [2.75, 3.05) is 34.4 Å². The molecule has 1 aliphatic heterocycles. The number of benzene rings is 3. The number of para-hydroxylation sites is 1. The average Bonchev–Trinajstić information content (AvgIpc) is 3.37. The molecule has 0 radical (unpaired) electrons. The predicted molar refractivity (Wildman–Crippen MR) is 133 cm³/mol. The van der Waals surface area contributed by atoms with Gasteiger partial charge < -0.3 is 24.4 Å². The lowest BCUT2D eigenvalue weighted by molar-refractivity contribution is -0.125. The second-order valence-electron chi connectivity index (χ2n) is 8.58. The largest absolute Gasteiger partial charge is 0.497 e. The molecule has 2 atom stereocenters. The highest BCUT2D eigenvalue weighted by molar-refractivity contribution is 5.95. The fourth-order valence-electron chi connectivity index (χ4n) is 4.62. The van der Waals surface area contributed by atoms with Crippen molar-refractivity contribution < 1.29 is 28.2 Å². The minimum absolute atomic E-state index is 0.186. The number of ether oxygens (including phenoxy) is 3. The highest BCUT2D eigenvalue weighted by atomic mass is 19.1. The Morgan fingerprint density at radius 2 is 1.69 bits per heavy atom. The molecule has 3 aromatic carbocycles. The topological polar surface area (TPSA) is 77.1 Å². The van der Waals surface area contributed by atoms with E-state index in [1.807, 2.05) is 12.1 Å². The molecule has 0 spiro atoms. The molecule has 4 rings (SSSR count). The minimum atomic E-state index is -0.527. The molecule has 0 aromatic heterocycles. The van der Waals surface area contributed by atoms with Gasteiger partial charge in [0.25, 0.3) is 5.91 Å². The molecule has 1 N–H and O–H groups in total. The first kappa shape index (κ1) is 25.0. The van der Waals surface area contributed by atoms with Crippen LogP contribution in [-0.4, -0.2) is 51.1 Å². The van der Waals surface area contributed by atoms with Gasteiger partial charge in [-0.05, 0) is 42.0 Å². The van der Waals surface area contributed by atoms with Crippen LogP contribution in [0.5, 0.6) is 17.2 Å². The number of likely N-dealkylation sites (tertiary alicyclic amines) is 1.